The molecule has 1 saturated heterocycles. The highest BCUT2D eigenvalue weighted by atomic mass is 16.2. The first-order valence-corrected chi connectivity index (χ1v) is 5.95. The number of hydrogen-bond acceptors (Lipinski definition) is 2. The average Bonchev–Trinajstić information content (AvgIpc) is 2.49. The Morgan fingerprint density at radius 1 is 1.38 bits per heavy atom. The zero-order chi connectivity index (χ0) is 11.0. The summed E-state index contributed by atoms with van der Waals surface area (Å²) in [6.45, 7) is 2.65. The molecule has 0 aromatic heterocycles. The van der Waals surface area contributed by atoms with Crippen molar-refractivity contribution in [2.24, 2.45) is 5.92 Å². The Kier molecular flexibility index (Phi) is 2.40. The number of hydrogen-bond donors (Lipinski definition) is 1. The summed E-state index contributed by atoms with van der Waals surface area (Å²) in [5.74, 6) is 0.405. The largest absolute Gasteiger partial charge is 0.313 e. The molecule has 0 spiro atoms. The van der Waals surface area contributed by atoms with Gasteiger partial charge in [-0.2, -0.15) is 0 Å². The number of allylic oxidation sites excluding steroid dienone is 3. The summed E-state index contributed by atoms with van der Waals surface area (Å²) in [7, 11) is 0. The van der Waals surface area contributed by atoms with Gasteiger partial charge in [-0.25, -0.2) is 0 Å². The third-order valence-electron chi connectivity index (χ3n) is 3.54. The zero-order valence-corrected chi connectivity index (χ0v) is 9.28. The van der Waals surface area contributed by atoms with Crippen LogP contribution in [0, 0.1) is 5.92 Å². The molecule has 3 aliphatic heterocycles. The number of piperidine rings is 1. The summed E-state index contributed by atoms with van der Waals surface area (Å²) < 4.78 is 0. The van der Waals surface area contributed by atoms with Crippen LogP contribution in [0.2, 0.25) is 0 Å². The number of nitrogens with zero attached hydrogens (tertiary/aromatic N) is 1. The van der Waals surface area contributed by atoms with Gasteiger partial charge in [-0.3, -0.25) is 4.79 Å². The van der Waals surface area contributed by atoms with Crippen molar-refractivity contribution in [1.29, 1.82) is 0 Å². The highest BCUT2D eigenvalue weighted by Gasteiger charge is 2.32. The molecule has 0 saturated carbocycles. The van der Waals surface area contributed by atoms with Gasteiger partial charge < -0.3 is 10.2 Å². The van der Waals surface area contributed by atoms with E-state index in [-0.39, 0.29) is 5.92 Å². The molecule has 16 heavy (non-hydrogen) atoms. The van der Waals surface area contributed by atoms with Gasteiger partial charge in [0.25, 0.3) is 0 Å². The van der Waals surface area contributed by atoms with E-state index in [1.807, 2.05) is 4.90 Å². The van der Waals surface area contributed by atoms with Crippen LogP contribution in [0.25, 0.3) is 0 Å². The molecule has 3 heterocycles. The van der Waals surface area contributed by atoms with Gasteiger partial charge in [0, 0.05) is 18.8 Å². The predicted octanol–water partition coefficient (Wildman–Crippen LogP) is 1.21. The SMILES string of the molecule is O=C1C2CCNCC2=CC=C2C=CCCN12. The first-order valence-electron chi connectivity index (χ1n) is 5.95. The topological polar surface area (TPSA) is 32.3 Å². The fourth-order valence-corrected chi connectivity index (χ4v) is 2.64. The van der Waals surface area contributed by atoms with Crippen molar-refractivity contribution in [3.05, 3.63) is 35.6 Å². The molecule has 0 aromatic rings. The Morgan fingerprint density at radius 2 is 2.31 bits per heavy atom. The van der Waals surface area contributed by atoms with Crippen molar-refractivity contribution in [3.63, 3.8) is 0 Å². The molecule has 1 fully saturated rings. The minimum Gasteiger partial charge on any atom is -0.313 e. The number of nitrogens with one attached hydrogen (secondary N) is 1. The zero-order valence-electron chi connectivity index (χ0n) is 9.28. The van der Waals surface area contributed by atoms with Gasteiger partial charge in [0.05, 0.1) is 5.92 Å². The van der Waals surface area contributed by atoms with Crippen molar-refractivity contribution >= 4 is 5.91 Å². The van der Waals surface area contributed by atoms with Crippen LogP contribution >= 0.6 is 0 Å². The first-order chi connectivity index (χ1) is 7.86. The number of rotatable bonds is 0. The fraction of sp³-hybridized carbons (Fsp3) is 0.462. The van der Waals surface area contributed by atoms with Crippen molar-refractivity contribution in [2.45, 2.75) is 12.8 Å². The van der Waals surface area contributed by atoms with Gasteiger partial charge in [-0.1, -0.05) is 12.2 Å². The normalized spacial score (nSPS) is 28.9. The average molecular weight is 216 g/mol. The molecule has 3 rings (SSSR count). The highest BCUT2D eigenvalue weighted by Crippen LogP contribution is 2.28. The Bertz CT molecular complexity index is 406. The van der Waals surface area contributed by atoms with Gasteiger partial charge in [0.2, 0.25) is 5.91 Å². The standard InChI is InChI=1S/C13H16N2O/c16-13-12-6-7-14-9-10(12)4-5-11-3-1-2-8-15(11)13/h1,3-5,12,14H,2,6-9H2. The number of carbonyl (C=O) groups excluding carboxylic acids is 1. The lowest BCUT2D eigenvalue weighted by molar-refractivity contribution is -0.132. The Balaban J connectivity index is 1.98. The summed E-state index contributed by atoms with van der Waals surface area (Å²) in [6, 6.07) is 0. The van der Waals surface area contributed by atoms with Crippen LogP contribution < -0.4 is 5.32 Å². The van der Waals surface area contributed by atoms with Gasteiger partial charge in [-0.05, 0) is 37.1 Å². The van der Waals surface area contributed by atoms with Crippen molar-refractivity contribution < 1.29 is 4.79 Å². The second-order valence-electron chi connectivity index (χ2n) is 4.53. The number of amides is 1. The quantitative estimate of drug-likeness (QED) is 0.660. The molecule has 0 bridgehead atoms. The Morgan fingerprint density at radius 3 is 3.25 bits per heavy atom. The lowest BCUT2D eigenvalue weighted by Gasteiger charge is -2.31. The molecule has 0 radical (unpaired) electrons. The van der Waals surface area contributed by atoms with Crippen molar-refractivity contribution in [1.82, 2.24) is 10.2 Å². The van der Waals surface area contributed by atoms with E-state index in [0.29, 0.717) is 5.91 Å². The summed E-state index contributed by atoms with van der Waals surface area (Å²) >= 11 is 0. The maximum Gasteiger partial charge on any atom is 0.234 e. The molecule has 1 unspecified atom stereocenters. The second-order valence-corrected chi connectivity index (χ2v) is 4.53. The van der Waals surface area contributed by atoms with E-state index in [0.717, 1.165) is 38.2 Å². The molecule has 1 N–H and O–H groups in total. The minimum absolute atomic E-state index is 0.112. The van der Waals surface area contributed by atoms with Crippen LogP contribution in [-0.2, 0) is 4.79 Å². The van der Waals surface area contributed by atoms with Crippen LogP contribution in [0.1, 0.15) is 12.8 Å². The lowest BCUT2D eigenvalue weighted by atomic mass is 9.91. The third kappa shape index (κ3) is 1.52. The summed E-state index contributed by atoms with van der Waals surface area (Å²) in [4.78, 5) is 14.3. The number of carbonyl (C=O) groups is 1. The van der Waals surface area contributed by atoms with E-state index in [9.17, 15) is 4.79 Å². The summed E-state index contributed by atoms with van der Waals surface area (Å²) in [5, 5.41) is 3.33. The summed E-state index contributed by atoms with van der Waals surface area (Å²) in [5.41, 5.74) is 2.30. The molecule has 0 aliphatic carbocycles. The van der Waals surface area contributed by atoms with E-state index >= 15 is 0 Å². The van der Waals surface area contributed by atoms with Crippen LogP contribution in [0.3, 0.4) is 0 Å². The molecular formula is C13H16N2O. The lowest BCUT2D eigenvalue weighted by Crippen LogP contribution is -2.41. The monoisotopic (exact) mass is 216 g/mol. The second kappa shape index (κ2) is 3.91. The molecule has 3 heteroatoms. The van der Waals surface area contributed by atoms with E-state index in [1.165, 1.54) is 5.57 Å². The molecular weight excluding hydrogens is 200 g/mol. The summed E-state index contributed by atoms with van der Waals surface area (Å²) in [6.07, 6.45) is 10.3. The fourth-order valence-electron chi connectivity index (χ4n) is 2.64. The molecule has 1 amide bonds. The maximum atomic E-state index is 12.4. The van der Waals surface area contributed by atoms with Gasteiger partial charge in [0.15, 0.2) is 0 Å². The number of fused-ring (bicyclic) bond motifs is 2. The predicted molar refractivity (Wildman–Crippen MR) is 62.6 cm³/mol. The van der Waals surface area contributed by atoms with E-state index in [1.54, 1.807) is 0 Å². The maximum absolute atomic E-state index is 12.4. The van der Waals surface area contributed by atoms with Crippen molar-refractivity contribution in [2.75, 3.05) is 19.6 Å². The van der Waals surface area contributed by atoms with E-state index in [4.69, 9.17) is 0 Å². The van der Waals surface area contributed by atoms with E-state index < -0.39 is 0 Å². The molecule has 0 aromatic carbocycles. The van der Waals surface area contributed by atoms with Crippen LogP contribution in [-0.4, -0.2) is 30.4 Å². The Hall–Kier alpha value is -1.35. The molecule has 1 atom stereocenters. The molecule has 3 aliphatic rings. The smallest absolute Gasteiger partial charge is 0.234 e. The van der Waals surface area contributed by atoms with Crippen LogP contribution in [0.4, 0.5) is 0 Å². The van der Waals surface area contributed by atoms with Gasteiger partial charge >= 0.3 is 0 Å². The Labute approximate surface area is 95.5 Å². The minimum atomic E-state index is 0.112. The van der Waals surface area contributed by atoms with Gasteiger partial charge in [-0.15, -0.1) is 0 Å². The highest BCUT2D eigenvalue weighted by molar-refractivity contribution is 5.85. The van der Waals surface area contributed by atoms with Crippen LogP contribution in [0.15, 0.2) is 35.6 Å². The van der Waals surface area contributed by atoms with Crippen LogP contribution in [0.5, 0.6) is 0 Å². The van der Waals surface area contributed by atoms with Crippen molar-refractivity contribution in [3.8, 4) is 0 Å². The molecule has 3 nitrogen and oxygen atoms in total. The van der Waals surface area contributed by atoms with Gasteiger partial charge in [0.1, 0.15) is 0 Å². The third-order valence-corrected chi connectivity index (χ3v) is 3.54. The van der Waals surface area contributed by atoms with E-state index in [2.05, 4.69) is 29.6 Å². The first kappa shape index (κ1) is 9.85. The molecule has 84 valence electrons.